The Labute approximate surface area is 187 Å². The number of para-hydroxylation sites is 1. The predicted octanol–water partition coefficient (Wildman–Crippen LogP) is 3.20. The Bertz CT molecular complexity index is 1070. The van der Waals surface area contributed by atoms with Gasteiger partial charge in [-0.2, -0.15) is 0 Å². The molecule has 0 saturated heterocycles. The van der Waals surface area contributed by atoms with Gasteiger partial charge in [0.05, 0.1) is 4.92 Å². The highest BCUT2D eigenvalue weighted by Gasteiger charge is 2.27. The summed E-state index contributed by atoms with van der Waals surface area (Å²) in [6.45, 7) is 2.23. The molecule has 0 unspecified atom stereocenters. The van der Waals surface area contributed by atoms with E-state index < -0.39 is 20.6 Å². The molecule has 2 N–H and O–H groups in total. The topological polar surface area (TPSA) is 120 Å². The lowest BCUT2D eigenvalue weighted by Gasteiger charge is -2.28. The van der Waals surface area contributed by atoms with Gasteiger partial charge in [0, 0.05) is 19.2 Å². The predicted molar refractivity (Wildman–Crippen MR) is 118 cm³/mol. The Hall–Kier alpha value is -2.69. The average Bonchev–Trinajstić information content (AvgIpc) is 3.26. The van der Waals surface area contributed by atoms with Crippen molar-refractivity contribution in [1.29, 1.82) is 0 Å². The van der Waals surface area contributed by atoms with E-state index in [0.29, 0.717) is 12.5 Å². The Morgan fingerprint density at radius 2 is 1.66 bits per heavy atom. The lowest BCUT2D eigenvalue weighted by Crippen LogP contribution is -2.33. The normalized spacial score (nSPS) is 20.2. The number of sulfonamides is 1. The molecule has 0 amide bonds. The number of benzene rings is 2. The molecule has 1 aliphatic heterocycles. The number of hydrogen-bond donors (Lipinski definition) is 2. The minimum atomic E-state index is -3.92. The van der Waals surface area contributed by atoms with Crippen LogP contribution in [0.15, 0.2) is 47.4 Å². The first kappa shape index (κ1) is 22.5. The number of hydrogen-bond acceptors (Lipinski definition) is 7. The molecule has 1 fully saturated rings. The standard InChI is InChI=1S/C22H27N3O6S/c26-25(27)19-3-1-2-4-22(19)32(28,29)24-14-17-7-5-16(6-8-17)12-23-13-18-9-10-20-21(11-18)31-15-30-20/h1-4,9-11,16-17,23-24H,5-8,12-15H2. The molecule has 0 bridgehead atoms. The maximum atomic E-state index is 12.6. The van der Waals surface area contributed by atoms with Gasteiger partial charge in [-0.05, 0) is 67.8 Å². The van der Waals surface area contributed by atoms with Crippen molar-refractivity contribution >= 4 is 15.7 Å². The zero-order valence-corrected chi connectivity index (χ0v) is 18.5. The summed E-state index contributed by atoms with van der Waals surface area (Å²) < 4.78 is 38.4. The van der Waals surface area contributed by atoms with Crippen LogP contribution in [0.25, 0.3) is 0 Å². The van der Waals surface area contributed by atoms with E-state index in [1.807, 2.05) is 18.2 Å². The second-order valence-corrected chi connectivity index (χ2v) is 10.0. The number of nitro groups is 1. The van der Waals surface area contributed by atoms with Gasteiger partial charge in [-0.15, -0.1) is 0 Å². The van der Waals surface area contributed by atoms with Crippen LogP contribution in [0.4, 0.5) is 5.69 Å². The van der Waals surface area contributed by atoms with Gasteiger partial charge in [-0.1, -0.05) is 18.2 Å². The van der Waals surface area contributed by atoms with Crippen molar-refractivity contribution in [3.63, 3.8) is 0 Å². The number of ether oxygens (including phenoxy) is 2. The van der Waals surface area contributed by atoms with Gasteiger partial charge in [0.15, 0.2) is 16.4 Å². The van der Waals surface area contributed by atoms with Gasteiger partial charge in [0.1, 0.15) is 0 Å². The first-order valence-corrected chi connectivity index (χ1v) is 12.2. The largest absolute Gasteiger partial charge is 0.454 e. The zero-order valence-electron chi connectivity index (χ0n) is 17.7. The van der Waals surface area contributed by atoms with E-state index in [1.165, 1.54) is 24.3 Å². The van der Waals surface area contributed by atoms with E-state index in [1.54, 1.807) is 0 Å². The smallest absolute Gasteiger partial charge is 0.289 e. The average molecular weight is 462 g/mol. The van der Waals surface area contributed by atoms with Crippen LogP contribution in [0.3, 0.4) is 0 Å². The third kappa shape index (κ3) is 5.37. The molecule has 1 saturated carbocycles. The Morgan fingerprint density at radius 1 is 0.969 bits per heavy atom. The van der Waals surface area contributed by atoms with Crippen LogP contribution in [-0.4, -0.2) is 33.2 Å². The summed E-state index contributed by atoms with van der Waals surface area (Å²) in [6.07, 6.45) is 3.89. The molecule has 4 rings (SSSR count). The molecule has 2 aromatic carbocycles. The summed E-state index contributed by atoms with van der Waals surface area (Å²) in [6, 6.07) is 11.4. The van der Waals surface area contributed by atoms with E-state index in [-0.39, 0.29) is 17.6 Å². The van der Waals surface area contributed by atoms with Crippen LogP contribution in [0.5, 0.6) is 11.5 Å². The fourth-order valence-electron chi connectivity index (χ4n) is 4.25. The molecule has 0 atom stereocenters. The van der Waals surface area contributed by atoms with E-state index in [0.717, 1.165) is 55.8 Å². The highest BCUT2D eigenvalue weighted by atomic mass is 32.2. The van der Waals surface area contributed by atoms with Crippen molar-refractivity contribution in [3.8, 4) is 11.5 Å². The van der Waals surface area contributed by atoms with Gasteiger partial charge < -0.3 is 14.8 Å². The van der Waals surface area contributed by atoms with Crippen LogP contribution >= 0.6 is 0 Å². The molecule has 0 spiro atoms. The van der Waals surface area contributed by atoms with Gasteiger partial charge >= 0.3 is 0 Å². The first-order chi connectivity index (χ1) is 15.4. The van der Waals surface area contributed by atoms with Gasteiger partial charge in [-0.3, -0.25) is 10.1 Å². The highest BCUT2D eigenvalue weighted by molar-refractivity contribution is 7.89. The SMILES string of the molecule is O=[N+]([O-])c1ccccc1S(=O)(=O)NCC1CCC(CNCc2ccc3c(c2)OCO3)CC1. The van der Waals surface area contributed by atoms with Crippen molar-refractivity contribution in [1.82, 2.24) is 10.0 Å². The Morgan fingerprint density at radius 3 is 2.41 bits per heavy atom. The van der Waals surface area contributed by atoms with Crippen LogP contribution in [0, 0.1) is 22.0 Å². The molecule has 1 heterocycles. The fraction of sp³-hybridized carbons (Fsp3) is 0.455. The molecular formula is C22H27N3O6S. The third-order valence-electron chi connectivity index (χ3n) is 6.08. The second-order valence-electron chi connectivity index (χ2n) is 8.28. The lowest BCUT2D eigenvalue weighted by molar-refractivity contribution is -0.387. The monoisotopic (exact) mass is 461 g/mol. The molecule has 2 aliphatic rings. The molecule has 10 heteroatoms. The van der Waals surface area contributed by atoms with Crippen molar-refractivity contribution in [2.75, 3.05) is 19.9 Å². The van der Waals surface area contributed by atoms with Crippen LogP contribution < -0.4 is 19.5 Å². The minimum absolute atomic E-state index is 0.234. The lowest BCUT2D eigenvalue weighted by atomic mass is 9.82. The zero-order chi connectivity index (χ0) is 22.6. The number of nitro benzene ring substituents is 1. The Balaban J connectivity index is 1.20. The van der Waals surface area contributed by atoms with Crippen molar-refractivity contribution in [2.45, 2.75) is 37.1 Å². The van der Waals surface area contributed by atoms with Gasteiger partial charge in [0.25, 0.3) is 5.69 Å². The summed E-state index contributed by atoms with van der Waals surface area (Å²) in [5.41, 5.74) is 0.740. The second kappa shape index (κ2) is 9.85. The minimum Gasteiger partial charge on any atom is -0.454 e. The van der Waals surface area contributed by atoms with Crippen molar-refractivity contribution < 1.29 is 22.8 Å². The summed E-state index contributed by atoms with van der Waals surface area (Å²) in [5.74, 6) is 2.35. The van der Waals surface area contributed by atoms with E-state index in [9.17, 15) is 18.5 Å². The molecule has 2 aromatic rings. The maximum Gasteiger partial charge on any atom is 0.289 e. The summed E-state index contributed by atoms with van der Waals surface area (Å²) in [7, 11) is -3.92. The molecular weight excluding hydrogens is 434 g/mol. The number of nitrogens with one attached hydrogen (secondary N) is 2. The molecule has 32 heavy (non-hydrogen) atoms. The van der Waals surface area contributed by atoms with Crippen LogP contribution in [-0.2, 0) is 16.6 Å². The number of nitrogens with zero attached hydrogens (tertiary/aromatic N) is 1. The quantitative estimate of drug-likeness (QED) is 0.435. The molecule has 0 radical (unpaired) electrons. The number of fused-ring (bicyclic) bond motifs is 1. The highest BCUT2D eigenvalue weighted by Crippen LogP contribution is 2.33. The van der Waals surface area contributed by atoms with Crippen molar-refractivity contribution in [2.24, 2.45) is 11.8 Å². The summed E-state index contributed by atoms with van der Waals surface area (Å²) >= 11 is 0. The van der Waals surface area contributed by atoms with E-state index >= 15 is 0 Å². The summed E-state index contributed by atoms with van der Waals surface area (Å²) in [4.78, 5) is 10.2. The molecule has 0 aromatic heterocycles. The van der Waals surface area contributed by atoms with E-state index in [4.69, 9.17) is 9.47 Å². The number of rotatable bonds is 9. The first-order valence-electron chi connectivity index (χ1n) is 10.7. The third-order valence-corrected chi connectivity index (χ3v) is 7.55. The maximum absolute atomic E-state index is 12.6. The van der Waals surface area contributed by atoms with Gasteiger partial charge in [0.2, 0.25) is 16.8 Å². The summed E-state index contributed by atoms with van der Waals surface area (Å²) in [5, 5.41) is 14.6. The van der Waals surface area contributed by atoms with Gasteiger partial charge in [-0.25, -0.2) is 13.1 Å². The fourth-order valence-corrected chi connectivity index (χ4v) is 5.54. The van der Waals surface area contributed by atoms with Crippen LogP contribution in [0.2, 0.25) is 0 Å². The Kier molecular flexibility index (Phi) is 6.92. The molecule has 1 aliphatic carbocycles. The molecule has 172 valence electrons. The van der Waals surface area contributed by atoms with Crippen molar-refractivity contribution in [3.05, 3.63) is 58.1 Å². The van der Waals surface area contributed by atoms with Crippen LogP contribution in [0.1, 0.15) is 31.2 Å². The molecule has 9 nitrogen and oxygen atoms in total. The van der Waals surface area contributed by atoms with E-state index in [2.05, 4.69) is 10.0 Å².